The third kappa shape index (κ3) is 3.14. The summed E-state index contributed by atoms with van der Waals surface area (Å²) in [5.74, 6) is 0. The zero-order valence-corrected chi connectivity index (χ0v) is 9.41. The minimum absolute atomic E-state index is 0.666. The Labute approximate surface area is 77.9 Å². The van der Waals surface area contributed by atoms with Crippen molar-refractivity contribution >= 4 is 0 Å². The molecule has 1 unspecified atom stereocenters. The summed E-state index contributed by atoms with van der Waals surface area (Å²) in [6.45, 7) is 10.3. The van der Waals surface area contributed by atoms with Crippen LogP contribution >= 0.6 is 0 Å². The van der Waals surface area contributed by atoms with Crippen molar-refractivity contribution in [3.05, 3.63) is 0 Å². The van der Waals surface area contributed by atoms with Gasteiger partial charge in [0.2, 0.25) is 0 Å². The van der Waals surface area contributed by atoms with Crippen molar-refractivity contribution in [2.45, 2.75) is 71.9 Å². The van der Waals surface area contributed by atoms with Gasteiger partial charge in [-0.15, -0.1) is 0 Å². The van der Waals surface area contributed by atoms with Crippen LogP contribution < -0.4 is 5.32 Å². The lowest BCUT2D eigenvalue weighted by atomic mass is 10.2. The van der Waals surface area contributed by atoms with Gasteiger partial charge >= 0.3 is 0 Å². The molecule has 1 saturated heterocycles. The molecule has 2 rings (SSSR count). The van der Waals surface area contributed by atoms with Gasteiger partial charge in [0.25, 0.3) is 0 Å². The summed E-state index contributed by atoms with van der Waals surface area (Å²) in [4.78, 5) is 0. The van der Waals surface area contributed by atoms with Gasteiger partial charge in [-0.05, 0) is 32.6 Å². The van der Waals surface area contributed by atoms with E-state index in [1.165, 1.54) is 25.7 Å². The molecule has 2 fully saturated rings. The standard InChI is InChI=1S/C7H13N.2C2H6/c1-6-2-3-7(8-6)4-5-7;2*1-2/h6,8H,2-5H2,1H3;2*1-2H3. The molecular weight excluding hydrogens is 146 g/mol. The number of rotatable bonds is 0. The molecule has 0 aromatic rings. The lowest BCUT2D eigenvalue weighted by molar-refractivity contribution is 0.552. The van der Waals surface area contributed by atoms with Gasteiger partial charge in [-0.3, -0.25) is 0 Å². The molecule has 1 heteroatoms. The minimum atomic E-state index is 0.666. The van der Waals surface area contributed by atoms with E-state index < -0.39 is 0 Å². The Morgan fingerprint density at radius 2 is 1.50 bits per heavy atom. The predicted molar refractivity (Wildman–Crippen MR) is 56.5 cm³/mol. The van der Waals surface area contributed by atoms with E-state index in [4.69, 9.17) is 0 Å². The third-order valence-corrected chi connectivity index (χ3v) is 2.46. The maximum absolute atomic E-state index is 3.60. The predicted octanol–water partition coefficient (Wildman–Crippen LogP) is 3.34. The molecular formula is C11H25N. The van der Waals surface area contributed by atoms with Gasteiger partial charge in [-0.25, -0.2) is 0 Å². The van der Waals surface area contributed by atoms with E-state index in [1.807, 2.05) is 27.7 Å². The Kier molecular flexibility index (Phi) is 5.56. The second-order valence-electron chi connectivity index (χ2n) is 3.36. The highest BCUT2D eigenvalue weighted by Crippen LogP contribution is 2.44. The zero-order valence-electron chi connectivity index (χ0n) is 9.41. The smallest absolute Gasteiger partial charge is 0.0186 e. The molecule has 0 amide bonds. The Bertz CT molecular complexity index is 106. The molecule has 74 valence electrons. The molecule has 1 aliphatic carbocycles. The lowest BCUT2D eigenvalue weighted by Crippen LogP contribution is -2.28. The van der Waals surface area contributed by atoms with Crippen LogP contribution in [-0.2, 0) is 0 Å². The molecule has 0 aromatic heterocycles. The Balaban J connectivity index is 0.000000269. The van der Waals surface area contributed by atoms with Gasteiger partial charge < -0.3 is 5.32 Å². The van der Waals surface area contributed by atoms with Crippen LogP contribution in [-0.4, -0.2) is 11.6 Å². The van der Waals surface area contributed by atoms with Crippen LogP contribution in [0.3, 0.4) is 0 Å². The van der Waals surface area contributed by atoms with E-state index in [0.29, 0.717) is 5.54 Å². The molecule has 0 radical (unpaired) electrons. The summed E-state index contributed by atoms with van der Waals surface area (Å²) in [5.41, 5.74) is 0.666. The number of nitrogens with one attached hydrogen (secondary N) is 1. The van der Waals surface area contributed by atoms with Crippen molar-refractivity contribution in [1.82, 2.24) is 5.32 Å². The first-order chi connectivity index (χ1) is 5.81. The maximum Gasteiger partial charge on any atom is 0.0186 e. The first kappa shape index (κ1) is 12.0. The molecule has 1 N–H and O–H groups in total. The van der Waals surface area contributed by atoms with Crippen LogP contribution in [0, 0.1) is 0 Å². The van der Waals surface area contributed by atoms with Crippen LogP contribution in [0.15, 0.2) is 0 Å². The van der Waals surface area contributed by atoms with E-state index in [9.17, 15) is 0 Å². The van der Waals surface area contributed by atoms with Crippen LogP contribution in [0.1, 0.15) is 60.3 Å². The van der Waals surface area contributed by atoms with Gasteiger partial charge in [0.1, 0.15) is 0 Å². The molecule has 2 aliphatic rings. The van der Waals surface area contributed by atoms with Crippen LogP contribution in [0.4, 0.5) is 0 Å². The summed E-state index contributed by atoms with van der Waals surface area (Å²) >= 11 is 0. The second kappa shape index (κ2) is 5.58. The summed E-state index contributed by atoms with van der Waals surface area (Å²) in [6.07, 6.45) is 5.73. The van der Waals surface area contributed by atoms with Crippen molar-refractivity contribution in [1.29, 1.82) is 0 Å². The fourth-order valence-corrected chi connectivity index (χ4v) is 1.71. The molecule has 1 aliphatic heterocycles. The SMILES string of the molecule is CC.CC.CC1CCC2(CC2)N1. The van der Waals surface area contributed by atoms with Crippen LogP contribution in [0.25, 0.3) is 0 Å². The average Bonchev–Trinajstić information content (AvgIpc) is 2.79. The Hall–Kier alpha value is -0.0400. The van der Waals surface area contributed by atoms with Crippen LogP contribution in [0.5, 0.6) is 0 Å². The van der Waals surface area contributed by atoms with Crippen molar-refractivity contribution < 1.29 is 0 Å². The zero-order chi connectivity index (χ0) is 9.61. The fourth-order valence-electron chi connectivity index (χ4n) is 1.71. The molecule has 1 heterocycles. The Morgan fingerprint density at radius 1 is 1.00 bits per heavy atom. The van der Waals surface area contributed by atoms with Crippen molar-refractivity contribution in [2.75, 3.05) is 0 Å². The van der Waals surface area contributed by atoms with Gasteiger partial charge in [-0.1, -0.05) is 27.7 Å². The first-order valence-corrected chi connectivity index (χ1v) is 5.58. The average molecular weight is 171 g/mol. The van der Waals surface area contributed by atoms with Gasteiger partial charge in [0.05, 0.1) is 0 Å². The fraction of sp³-hybridized carbons (Fsp3) is 1.00. The van der Waals surface area contributed by atoms with Crippen molar-refractivity contribution in [3.63, 3.8) is 0 Å². The van der Waals surface area contributed by atoms with Crippen molar-refractivity contribution in [3.8, 4) is 0 Å². The lowest BCUT2D eigenvalue weighted by Gasteiger charge is -2.05. The summed E-state index contributed by atoms with van der Waals surface area (Å²) in [6, 6.07) is 0.803. The number of hydrogen-bond donors (Lipinski definition) is 1. The first-order valence-electron chi connectivity index (χ1n) is 5.58. The highest BCUT2D eigenvalue weighted by Gasteiger charge is 2.46. The molecule has 0 bridgehead atoms. The molecule has 12 heavy (non-hydrogen) atoms. The third-order valence-electron chi connectivity index (χ3n) is 2.46. The minimum Gasteiger partial charge on any atom is -0.309 e. The van der Waals surface area contributed by atoms with E-state index in [0.717, 1.165) is 6.04 Å². The highest BCUT2D eigenvalue weighted by atomic mass is 15.1. The topological polar surface area (TPSA) is 12.0 Å². The largest absolute Gasteiger partial charge is 0.309 e. The van der Waals surface area contributed by atoms with E-state index in [2.05, 4.69) is 12.2 Å². The molecule has 1 nitrogen and oxygen atoms in total. The van der Waals surface area contributed by atoms with E-state index >= 15 is 0 Å². The van der Waals surface area contributed by atoms with E-state index in [1.54, 1.807) is 0 Å². The van der Waals surface area contributed by atoms with Gasteiger partial charge in [0, 0.05) is 11.6 Å². The molecule has 0 aromatic carbocycles. The highest BCUT2D eigenvalue weighted by molar-refractivity contribution is 5.07. The molecule has 1 saturated carbocycles. The van der Waals surface area contributed by atoms with Gasteiger partial charge in [-0.2, -0.15) is 0 Å². The molecule has 1 spiro atoms. The summed E-state index contributed by atoms with van der Waals surface area (Å²) < 4.78 is 0. The van der Waals surface area contributed by atoms with Gasteiger partial charge in [0.15, 0.2) is 0 Å². The summed E-state index contributed by atoms with van der Waals surface area (Å²) in [7, 11) is 0. The van der Waals surface area contributed by atoms with Crippen molar-refractivity contribution in [2.24, 2.45) is 0 Å². The quantitative estimate of drug-likeness (QED) is 0.589. The van der Waals surface area contributed by atoms with Crippen LogP contribution in [0.2, 0.25) is 0 Å². The normalized spacial score (nSPS) is 28.2. The maximum atomic E-state index is 3.60. The second-order valence-corrected chi connectivity index (χ2v) is 3.36. The number of hydrogen-bond acceptors (Lipinski definition) is 1. The molecule has 1 atom stereocenters. The summed E-state index contributed by atoms with van der Waals surface area (Å²) in [5, 5.41) is 3.60. The van der Waals surface area contributed by atoms with E-state index in [-0.39, 0.29) is 0 Å². The monoisotopic (exact) mass is 171 g/mol. The Morgan fingerprint density at radius 3 is 1.67 bits per heavy atom.